The number of aromatic nitrogens is 3. The first-order valence-electron chi connectivity index (χ1n) is 6.27. The summed E-state index contributed by atoms with van der Waals surface area (Å²) in [6.45, 7) is 7.79. The van der Waals surface area contributed by atoms with Crippen LogP contribution in [-0.2, 0) is 11.3 Å². The van der Waals surface area contributed by atoms with Gasteiger partial charge >= 0.3 is 6.09 Å². The Morgan fingerprint density at radius 3 is 2.85 bits per heavy atom. The number of hydrogen-bond acceptors (Lipinski definition) is 5. The summed E-state index contributed by atoms with van der Waals surface area (Å²) in [6.07, 6.45) is 1.31. The molecule has 7 heteroatoms. The molecule has 0 aromatic carbocycles. The zero-order chi connectivity index (χ0) is 14.8. The lowest BCUT2D eigenvalue weighted by molar-refractivity contribution is 0.0523. The van der Waals surface area contributed by atoms with E-state index in [9.17, 15) is 4.79 Å². The molecule has 0 radical (unpaired) electrons. The van der Waals surface area contributed by atoms with E-state index < -0.39 is 11.7 Å². The molecule has 0 atom stereocenters. The largest absolute Gasteiger partial charge is 0.444 e. The Bertz CT molecular complexity index is 598. The molecule has 0 spiro atoms. The van der Waals surface area contributed by atoms with Gasteiger partial charge in [-0.05, 0) is 27.7 Å². The highest BCUT2D eigenvalue weighted by Gasteiger charge is 2.16. The third-order valence-corrected chi connectivity index (χ3v) is 3.29. The van der Waals surface area contributed by atoms with Crippen LogP contribution in [0.15, 0.2) is 11.6 Å². The van der Waals surface area contributed by atoms with Gasteiger partial charge in [-0.1, -0.05) is 0 Å². The smallest absolute Gasteiger partial charge is 0.408 e. The van der Waals surface area contributed by atoms with Crippen LogP contribution in [0.4, 0.5) is 4.79 Å². The Morgan fingerprint density at radius 2 is 2.25 bits per heavy atom. The summed E-state index contributed by atoms with van der Waals surface area (Å²) in [6, 6.07) is 0. The molecule has 2 aromatic rings. The molecule has 108 valence electrons. The predicted octanol–water partition coefficient (Wildman–Crippen LogP) is 2.87. The van der Waals surface area contributed by atoms with Gasteiger partial charge in [0.2, 0.25) is 0 Å². The van der Waals surface area contributed by atoms with Gasteiger partial charge in [-0.15, -0.1) is 11.3 Å². The van der Waals surface area contributed by atoms with Gasteiger partial charge in [0.05, 0.1) is 18.4 Å². The number of ether oxygens (including phenoxy) is 1. The lowest BCUT2D eigenvalue weighted by atomic mass is 10.2. The second kappa shape index (κ2) is 5.62. The maximum absolute atomic E-state index is 11.6. The number of carbonyl (C=O) groups excluding carboxylic acids is 1. The average Bonchev–Trinajstić information content (AvgIpc) is 2.92. The number of amides is 1. The van der Waals surface area contributed by atoms with Crippen LogP contribution in [0.5, 0.6) is 0 Å². The molecule has 2 aromatic heterocycles. The van der Waals surface area contributed by atoms with Crippen LogP contribution in [0.25, 0.3) is 11.3 Å². The second-order valence-corrected chi connectivity index (χ2v) is 6.33. The van der Waals surface area contributed by atoms with Gasteiger partial charge in [-0.25, -0.2) is 9.78 Å². The third kappa shape index (κ3) is 3.80. The summed E-state index contributed by atoms with van der Waals surface area (Å²) in [5.41, 5.74) is 2.32. The monoisotopic (exact) mass is 294 g/mol. The van der Waals surface area contributed by atoms with E-state index in [2.05, 4.69) is 20.5 Å². The van der Waals surface area contributed by atoms with E-state index >= 15 is 0 Å². The van der Waals surface area contributed by atoms with E-state index in [1.54, 1.807) is 6.20 Å². The number of aromatic amines is 1. The molecular weight excluding hydrogens is 276 g/mol. The van der Waals surface area contributed by atoms with E-state index in [0.717, 1.165) is 22.0 Å². The fourth-order valence-electron chi connectivity index (χ4n) is 1.59. The van der Waals surface area contributed by atoms with Crippen LogP contribution in [0.3, 0.4) is 0 Å². The number of alkyl carbamates (subject to hydrolysis) is 1. The number of rotatable bonds is 3. The van der Waals surface area contributed by atoms with Crippen molar-refractivity contribution < 1.29 is 9.53 Å². The number of nitrogens with zero attached hydrogens (tertiary/aromatic N) is 2. The Hall–Kier alpha value is -1.89. The molecule has 0 aliphatic rings. The first kappa shape index (κ1) is 14.5. The van der Waals surface area contributed by atoms with Crippen molar-refractivity contribution in [3.05, 3.63) is 22.3 Å². The van der Waals surface area contributed by atoms with E-state index in [4.69, 9.17) is 4.74 Å². The lowest BCUT2D eigenvalue weighted by Gasteiger charge is -2.19. The van der Waals surface area contributed by atoms with E-state index in [0.29, 0.717) is 6.54 Å². The van der Waals surface area contributed by atoms with E-state index in [-0.39, 0.29) is 0 Å². The maximum Gasteiger partial charge on any atom is 0.408 e. The highest BCUT2D eigenvalue weighted by atomic mass is 32.1. The van der Waals surface area contributed by atoms with Gasteiger partial charge < -0.3 is 10.1 Å². The van der Waals surface area contributed by atoms with Crippen LogP contribution < -0.4 is 5.32 Å². The SMILES string of the molecule is Cc1[nH]ncc1-c1csc(CNC(=O)OC(C)(C)C)n1. The molecule has 6 nitrogen and oxygen atoms in total. The van der Waals surface area contributed by atoms with Crippen molar-refractivity contribution in [2.75, 3.05) is 0 Å². The van der Waals surface area contributed by atoms with E-state index in [1.807, 2.05) is 33.1 Å². The van der Waals surface area contributed by atoms with Crippen molar-refractivity contribution in [3.63, 3.8) is 0 Å². The molecule has 0 aliphatic carbocycles. The number of nitrogens with one attached hydrogen (secondary N) is 2. The summed E-state index contributed by atoms with van der Waals surface area (Å²) < 4.78 is 5.17. The van der Waals surface area contributed by atoms with Crippen molar-refractivity contribution >= 4 is 17.4 Å². The second-order valence-electron chi connectivity index (χ2n) is 5.39. The standard InChI is InChI=1S/C13H18N4O2S/c1-8-9(5-15-17-8)10-7-20-11(16-10)6-14-12(18)19-13(2,3)4/h5,7H,6H2,1-4H3,(H,14,18)(H,15,17). The van der Waals surface area contributed by atoms with Crippen LogP contribution in [0.2, 0.25) is 0 Å². The minimum atomic E-state index is -0.494. The highest BCUT2D eigenvalue weighted by Crippen LogP contribution is 2.23. The normalized spacial score (nSPS) is 11.4. The van der Waals surface area contributed by atoms with Crippen LogP contribution in [0, 0.1) is 6.92 Å². The van der Waals surface area contributed by atoms with Gasteiger partial charge in [0.15, 0.2) is 0 Å². The molecule has 0 bridgehead atoms. The molecule has 0 unspecified atom stereocenters. The first-order chi connectivity index (χ1) is 9.35. The minimum Gasteiger partial charge on any atom is -0.444 e. The lowest BCUT2D eigenvalue weighted by Crippen LogP contribution is -2.32. The molecular formula is C13H18N4O2S. The first-order valence-corrected chi connectivity index (χ1v) is 7.15. The number of hydrogen-bond donors (Lipinski definition) is 2. The summed E-state index contributed by atoms with van der Waals surface area (Å²) in [7, 11) is 0. The molecule has 0 saturated heterocycles. The zero-order valence-electron chi connectivity index (χ0n) is 12.0. The predicted molar refractivity (Wildman–Crippen MR) is 77.5 cm³/mol. The van der Waals surface area contributed by atoms with E-state index in [1.165, 1.54) is 11.3 Å². The molecule has 1 amide bonds. The summed E-state index contributed by atoms with van der Waals surface area (Å²) in [4.78, 5) is 16.0. The van der Waals surface area contributed by atoms with Gasteiger partial charge in [0, 0.05) is 16.6 Å². The van der Waals surface area contributed by atoms with Gasteiger partial charge in [0.1, 0.15) is 10.6 Å². The highest BCUT2D eigenvalue weighted by molar-refractivity contribution is 7.09. The van der Waals surface area contributed by atoms with Crippen LogP contribution in [-0.4, -0.2) is 26.9 Å². The Labute approximate surface area is 121 Å². The number of aryl methyl sites for hydroxylation is 1. The zero-order valence-corrected chi connectivity index (χ0v) is 12.8. The molecule has 2 heterocycles. The van der Waals surface area contributed by atoms with Crippen LogP contribution in [0.1, 0.15) is 31.5 Å². The Balaban J connectivity index is 1.94. The summed E-state index contributed by atoms with van der Waals surface area (Å²) >= 11 is 1.49. The topological polar surface area (TPSA) is 79.9 Å². The molecule has 20 heavy (non-hydrogen) atoms. The average molecular weight is 294 g/mol. The number of H-pyrrole nitrogens is 1. The minimum absolute atomic E-state index is 0.358. The van der Waals surface area contributed by atoms with Crippen molar-refractivity contribution in [2.45, 2.75) is 39.8 Å². The Kier molecular flexibility index (Phi) is 4.08. The maximum atomic E-state index is 11.6. The van der Waals surface area contributed by atoms with Crippen molar-refractivity contribution in [2.24, 2.45) is 0 Å². The Morgan fingerprint density at radius 1 is 1.50 bits per heavy atom. The molecule has 0 aliphatic heterocycles. The summed E-state index contributed by atoms with van der Waals surface area (Å²) in [5, 5.41) is 12.3. The summed E-state index contributed by atoms with van der Waals surface area (Å²) in [5.74, 6) is 0. The molecule has 2 rings (SSSR count). The van der Waals surface area contributed by atoms with Crippen molar-refractivity contribution in [1.82, 2.24) is 20.5 Å². The van der Waals surface area contributed by atoms with Gasteiger partial charge in [0.25, 0.3) is 0 Å². The third-order valence-electron chi connectivity index (χ3n) is 2.44. The fraction of sp³-hybridized carbons (Fsp3) is 0.462. The molecule has 0 fully saturated rings. The van der Waals surface area contributed by atoms with Crippen molar-refractivity contribution in [1.29, 1.82) is 0 Å². The molecule has 0 saturated carbocycles. The fourth-order valence-corrected chi connectivity index (χ4v) is 2.32. The van der Waals surface area contributed by atoms with Crippen molar-refractivity contribution in [3.8, 4) is 11.3 Å². The number of thiazole rings is 1. The van der Waals surface area contributed by atoms with Crippen LogP contribution >= 0.6 is 11.3 Å². The van der Waals surface area contributed by atoms with Gasteiger partial charge in [-0.2, -0.15) is 5.10 Å². The molecule has 2 N–H and O–H groups in total. The van der Waals surface area contributed by atoms with Gasteiger partial charge in [-0.3, -0.25) is 5.10 Å². The quantitative estimate of drug-likeness (QED) is 0.912. The number of carbonyl (C=O) groups is 1.